The monoisotopic (exact) mass is 292 g/mol. The van der Waals surface area contributed by atoms with Crippen LogP contribution in [0.3, 0.4) is 0 Å². The molecule has 0 saturated carbocycles. The van der Waals surface area contributed by atoms with Crippen LogP contribution in [0.4, 0.5) is 4.39 Å². The minimum atomic E-state index is -0.309. The highest BCUT2D eigenvalue weighted by molar-refractivity contribution is 6.17. The lowest BCUT2D eigenvalue weighted by atomic mass is 9.87. The van der Waals surface area contributed by atoms with E-state index in [1.165, 1.54) is 17.7 Å². The molecule has 0 fully saturated rings. The van der Waals surface area contributed by atoms with Gasteiger partial charge in [0.1, 0.15) is 17.3 Å². The maximum Gasteiger partial charge on any atom is 0.132 e. The summed E-state index contributed by atoms with van der Waals surface area (Å²) in [5.74, 6) is 1.23. The minimum Gasteiger partial charge on any atom is -0.457 e. The zero-order chi connectivity index (χ0) is 14.8. The number of ether oxygens (including phenoxy) is 1. The Kier molecular flexibility index (Phi) is 4.34. The topological polar surface area (TPSA) is 9.23 Å². The van der Waals surface area contributed by atoms with Crippen LogP contribution < -0.4 is 4.74 Å². The van der Waals surface area contributed by atoms with Gasteiger partial charge in [0.25, 0.3) is 0 Å². The van der Waals surface area contributed by atoms with E-state index in [9.17, 15) is 4.39 Å². The molecule has 0 radical (unpaired) electrons. The number of hydrogen-bond acceptors (Lipinski definition) is 1. The van der Waals surface area contributed by atoms with E-state index < -0.39 is 0 Å². The van der Waals surface area contributed by atoms with Gasteiger partial charge < -0.3 is 4.74 Å². The summed E-state index contributed by atoms with van der Waals surface area (Å²) in [5, 5.41) is 0. The Labute approximate surface area is 124 Å². The fraction of sp³-hybridized carbons (Fsp3) is 0.294. The van der Waals surface area contributed by atoms with Gasteiger partial charge in [0.15, 0.2) is 0 Å². The predicted molar refractivity (Wildman–Crippen MR) is 81.2 cm³/mol. The Morgan fingerprint density at radius 1 is 1.10 bits per heavy atom. The number of alkyl halides is 1. The molecular formula is C17H18ClFO. The van der Waals surface area contributed by atoms with E-state index in [4.69, 9.17) is 16.3 Å². The maximum atomic E-state index is 13.2. The maximum absolute atomic E-state index is 13.2. The summed E-state index contributed by atoms with van der Waals surface area (Å²) in [6, 6.07) is 12.3. The SMILES string of the molecule is CC(C)(C)c1cccc(Oc2ccc(F)cc2CCl)c1. The van der Waals surface area contributed by atoms with Crippen LogP contribution in [0.25, 0.3) is 0 Å². The van der Waals surface area contributed by atoms with E-state index in [0.717, 1.165) is 5.75 Å². The van der Waals surface area contributed by atoms with Crippen LogP contribution in [-0.4, -0.2) is 0 Å². The lowest BCUT2D eigenvalue weighted by Gasteiger charge is -2.20. The number of hydrogen-bond donors (Lipinski definition) is 0. The van der Waals surface area contributed by atoms with Crippen molar-refractivity contribution in [2.45, 2.75) is 32.1 Å². The minimum absolute atomic E-state index is 0.0531. The van der Waals surface area contributed by atoms with Crippen molar-refractivity contribution in [3.05, 3.63) is 59.4 Å². The van der Waals surface area contributed by atoms with E-state index in [0.29, 0.717) is 11.3 Å². The lowest BCUT2D eigenvalue weighted by Crippen LogP contribution is -2.10. The summed E-state index contributed by atoms with van der Waals surface area (Å²) in [6.07, 6.45) is 0. The molecule has 0 bridgehead atoms. The van der Waals surface area contributed by atoms with Crippen molar-refractivity contribution < 1.29 is 9.13 Å². The van der Waals surface area contributed by atoms with Crippen LogP contribution in [0, 0.1) is 5.82 Å². The third kappa shape index (κ3) is 3.51. The first kappa shape index (κ1) is 14.9. The Balaban J connectivity index is 2.31. The molecular weight excluding hydrogens is 275 g/mol. The van der Waals surface area contributed by atoms with Gasteiger partial charge in [0, 0.05) is 5.56 Å². The highest BCUT2D eigenvalue weighted by Gasteiger charge is 2.14. The van der Waals surface area contributed by atoms with Crippen LogP contribution in [0.5, 0.6) is 11.5 Å². The van der Waals surface area contributed by atoms with Gasteiger partial charge in [-0.05, 0) is 41.3 Å². The third-order valence-electron chi connectivity index (χ3n) is 3.09. The van der Waals surface area contributed by atoms with Crippen molar-refractivity contribution in [1.82, 2.24) is 0 Å². The molecule has 3 heteroatoms. The van der Waals surface area contributed by atoms with E-state index in [-0.39, 0.29) is 17.1 Å². The van der Waals surface area contributed by atoms with Crippen LogP contribution in [0.1, 0.15) is 31.9 Å². The van der Waals surface area contributed by atoms with Gasteiger partial charge in [-0.15, -0.1) is 11.6 Å². The molecule has 0 saturated heterocycles. The number of benzene rings is 2. The smallest absolute Gasteiger partial charge is 0.132 e. The number of halogens is 2. The highest BCUT2D eigenvalue weighted by Crippen LogP contribution is 2.30. The van der Waals surface area contributed by atoms with E-state index >= 15 is 0 Å². The van der Waals surface area contributed by atoms with Gasteiger partial charge >= 0.3 is 0 Å². The van der Waals surface area contributed by atoms with Crippen LogP contribution in [-0.2, 0) is 11.3 Å². The molecule has 0 amide bonds. The summed E-state index contributed by atoms with van der Waals surface area (Å²) >= 11 is 5.83. The van der Waals surface area contributed by atoms with Crippen molar-refractivity contribution in [2.75, 3.05) is 0 Å². The largest absolute Gasteiger partial charge is 0.457 e. The standard InChI is InChI=1S/C17H18ClFO/c1-17(2,3)13-5-4-6-15(10-13)20-16-8-7-14(19)9-12(16)11-18/h4-10H,11H2,1-3H3. The molecule has 0 heterocycles. The zero-order valence-electron chi connectivity index (χ0n) is 11.9. The Hall–Kier alpha value is -1.54. The molecule has 0 aliphatic carbocycles. The lowest BCUT2D eigenvalue weighted by molar-refractivity contribution is 0.472. The summed E-state index contributed by atoms with van der Waals surface area (Å²) in [5.41, 5.74) is 1.88. The van der Waals surface area contributed by atoms with Gasteiger partial charge in [-0.2, -0.15) is 0 Å². The Morgan fingerprint density at radius 2 is 1.85 bits per heavy atom. The molecule has 2 rings (SSSR count). The van der Waals surface area contributed by atoms with Gasteiger partial charge in [-0.1, -0.05) is 32.9 Å². The van der Waals surface area contributed by atoms with Gasteiger partial charge in [0.05, 0.1) is 5.88 Å². The number of rotatable bonds is 3. The van der Waals surface area contributed by atoms with Gasteiger partial charge in [0.2, 0.25) is 0 Å². The van der Waals surface area contributed by atoms with Crippen LogP contribution >= 0.6 is 11.6 Å². The molecule has 106 valence electrons. The van der Waals surface area contributed by atoms with Crippen molar-refractivity contribution in [3.63, 3.8) is 0 Å². The van der Waals surface area contributed by atoms with Crippen LogP contribution in [0.15, 0.2) is 42.5 Å². The van der Waals surface area contributed by atoms with Crippen molar-refractivity contribution in [1.29, 1.82) is 0 Å². The summed E-state index contributed by atoms with van der Waals surface area (Å²) in [4.78, 5) is 0. The fourth-order valence-corrected chi connectivity index (χ4v) is 2.11. The molecule has 20 heavy (non-hydrogen) atoms. The molecule has 0 spiro atoms. The van der Waals surface area contributed by atoms with Gasteiger partial charge in [-0.25, -0.2) is 4.39 Å². The zero-order valence-corrected chi connectivity index (χ0v) is 12.7. The van der Waals surface area contributed by atoms with Crippen molar-refractivity contribution in [3.8, 4) is 11.5 Å². The highest BCUT2D eigenvalue weighted by atomic mass is 35.5. The normalized spacial score (nSPS) is 11.4. The average Bonchev–Trinajstić information content (AvgIpc) is 2.40. The first-order chi connectivity index (χ1) is 9.40. The molecule has 0 atom stereocenters. The summed E-state index contributed by atoms with van der Waals surface area (Å²) < 4.78 is 19.0. The molecule has 0 aromatic heterocycles. The second-order valence-corrected chi connectivity index (χ2v) is 6.03. The molecule has 1 nitrogen and oxygen atoms in total. The quantitative estimate of drug-likeness (QED) is 0.664. The van der Waals surface area contributed by atoms with Crippen molar-refractivity contribution >= 4 is 11.6 Å². The summed E-state index contributed by atoms with van der Waals surface area (Å²) in [6.45, 7) is 6.44. The Bertz CT molecular complexity index is 602. The van der Waals surface area contributed by atoms with E-state index in [1.807, 2.05) is 18.2 Å². The summed E-state index contributed by atoms with van der Waals surface area (Å²) in [7, 11) is 0. The average molecular weight is 293 g/mol. The fourth-order valence-electron chi connectivity index (χ4n) is 1.91. The Morgan fingerprint density at radius 3 is 2.50 bits per heavy atom. The van der Waals surface area contributed by atoms with E-state index in [2.05, 4.69) is 26.8 Å². The molecule has 2 aromatic rings. The molecule has 0 unspecified atom stereocenters. The molecule has 2 aromatic carbocycles. The van der Waals surface area contributed by atoms with Crippen molar-refractivity contribution in [2.24, 2.45) is 0 Å². The first-order valence-electron chi connectivity index (χ1n) is 6.53. The van der Waals surface area contributed by atoms with Crippen LogP contribution in [0.2, 0.25) is 0 Å². The molecule has 0 aliphatic heterocycles. The molecule has 0 aliphatic rings. The first-order valence-corrected chi connectivity index (χ1v) is 7.06. The van der Waals surface area contributed by atoms with E-state index in [1.54, 1.807) is 6.07 Å². The second kappa shape index (κ2) is 5.84. The predicted octanol–water partition coefficient (Wildman–Crippen LogP) is 5.65. The third-order valence-corrected chi connectivity index (χ3v) is 3.38. The molecule has 0 N–H and O–H groups in total. The van der Waals surface area contributed by atoms with Gasteiger partial charge in [-0.3, -0.25) is 0 Å². The second-order valence-electron chi connectivity index (χ2n) is 5.77.